The average Bonchev–Trinajstić information content (AvgIpc) is 3.49. The normalized spacial score (nSPS) is 18.8. The number of hydrogen-bond donors (Lipinski definition) is 0. The van der Waals surface area contributed by atoms with Crippen LogP contribution in [-0.4, -0.2) is 45.2 Å². The molecule has 0 N–H and O–H groups in total. The number of nitro groups is 1. The van der Waals surface area contributed by atoms with E-state index in [1.165, 1.54) is 23.1 Å². The summed E-state index contributed by atoms with van der Waals surface area (Å²) in [5.41, 5.74) is -2.83. The fourth-order valence-electron chi connectivity index (χ4n) is 4.59. The Morgan fingerprint density at radius 3 is 2.56 bits per heavy atom. The Morgan fingerprint density at radius 2 is 1.92 bits per heavy atom. The van der Waals surface area contributed by atoms with Crippen LogP contribution in [0.5, 0.6) is 0 Å². The summed E-state index contributed by atoms with van der Waals surface area (Å²) in [5, 5.41) is 20.0. The molecule has 2 aromatic carbocycles. The van der Waals surface area contributed by atoms with E-state index in [2.05, 4.69) is 0 Å². The molecule has 36 heavy (non-hydrogen) atoms. The van der Waals surface area contributed by atoms with Gasteiger partial charge in [0, 0.05) is 24.6 Å². The lowest BCUT2D eigenvalue weighted by atomic mass is 10.1. The van der Waals surface area contributed by atoms with E-state index in [4.69, 9.17) is 16.9 Å². The fraction of sp³-hybridized carbons (Fsp3) is 0.182. The number of hydrogen-bond acceptors (Lipinski definition) is 6. The van der Waals surface area contributed by atoms with Crippen molar-refractivity contribution < 1.29 is 32.5 Å². The van der Waals surface area contributed by atoms with E-state index in [1.54, 1.807) is 0 Å². The van der Waals surface area contributed by atoms with E-state index in [0.717, 1.165) is 23.1 Å². The Hall–Kier alpha value is -4.44. The first-order chi connectivity index (χ1) is 16.9. The molecule has 14 heteroatoms. The van der Waals surface area contributed by atoms with Crippen molar-refractivity contribution in [1.29, 1.82) is 5.26 Å². The Balaban J connectivity index is 1.52. The highest BCUT2D eigenvalue weighted by atomic mass is 35.5. The van der Waals surface area contributed by atoms with E-state index < -0.39 is 51.8 Å². The molecule has 0 aliphatic carbocycles. The number of rotatable bonds is 3. The number of fused-ring (bicyclic) bond motifs is 4. The Bertz CT molecular complexity index is 1480. The van der Waals surface area contributed by atoms with E-state index in [0.29, 0.717) is 11.0 Å². The van der Waals surface area contributed by atoms with Crippen LogP contribution in [0.2, 0.25) is 5.02 Å². The molecule has 1 unspecified atom stereocenters. The lowest BCUT2D eigenvalue weighted by molar-refractivity contribution is -0.384. The van der Waals surface area contributed by atoms with E-state index in [1.807, 2.05) is 0 Å². The molecular weight excluding hydrogens is 507 g/mol. The van der Waals surface area contributed by atoms with Gasteiger partial charge in [-0.25, -0.2) is 9.69 Å². The van der Waals surface area contributed by atoms with Gasteiger partial charge in [0.2, 0.25) is 0 Å². The monoisotopic (exact) mass is 517 g/mol. The van der Waals surface area contributed by atoms with Gasteiger partial charge in [0.05, 0.1) is 39.5 Å². The number of likely N-dealkylation sites (tertiary alicyclic amines) is 1. The second-order valence-electron chi connectivity index (χ2n) is 8.12. The minimum atomic E-state index is -4.89. The van der Waals surface area contributed by atoms with Gasteiger partial charge in [-0.3, -0.25) is 24.6 Å². The highest BCUT2D eigenvalue weighted by Gasteiger charge is 2.56. The molecular formula is C22H11ClF3N5O5. The van der Waals surface area contributed by atoms with Crippen molar-refractivity contribution in [2.24, 2.45) is 0 Å². The molecule has 5 rings (SSSR count). The van der Waals surface area contributed by atoms with Crippen LogP contribution in [0.15, 0.2) is 47.8 Å². The molecule has 0 radical (unpaired) electrons. The first kappa shape index (κ1) is 23.3. The first-order valence-corrected chi connectivity index (χ1v) is 10.6. The van der Waals surface area contributed by atoms with E-state index >= 15 is 0 Å². The zero-order valence-electron chi connectivity index (χ0n) is 17.7. The number of halogens is 4. The summed E-state index contributed by atoms with van der Waals surface area (Å²) in [5.74, 6) is -1.58. The second-order valence-corrected chi connectivity index (χ2v) is 8.53. The summed E-state index contributed by atoms with van der Waals surface area (Å²) in [6.07, 6.45) is -4.74. The highest BCUT2D eigenvalue weighted by molar-refractivity contribution is 6.32. The molecule has 3 aliphatic heterocycles. The van der Waals surface area contributed by atoms with Crippen LogP contribution in [0.25, 0.3) is 0 Å². The number of urea groups is 1. The van der Waals surface area contributed by atoms with Gasteiger partial charge in [0.25, 0.3) is 17.5 Å². The molecule has 0 aromatic heterocycles. The van der Waals surface area contributed by atoms with Crippen molar-refractivity contribution in [2.75, 3.05) is 11.4 Å². The summed E-state index contributed by atoms with van der Waals surface area (Å²) in [4.78, 5) is 52.7. The number of nitriles is 1. The van der Waals surface area contributed by atoms with Crippen molar-refractivity contribution >= 4 is 40.8 Å². The summed E-state index contributed by atoms with van der Waals surface area (Å²) in [6, 6.07) is 5.90. The molecule has 0 spiro atoms. The quantitative estimate of drug-likeness (QED) is 0.343. The SMILES string of the molecule is N#Cc1ccc(N2C(=O)C3=C4CC(CN4C(=O)c4ccc(Cl)c([N+](=O)[O-])c4)N3C2=O)cc1C(F)(F)F. The third-order valence-electron chi connectivity index (χ3n) is 6.15. The summed E-state index contributed by atoms with van der Waals surface area (Å²) in [6.45, 7) is -0.0118. The Kier molecular flexibility index (Phi) is 5.04. The van der Waals surface area contributed by atoms with Crippen LogP contribution in [0.4, 0.5) is 29.3 Å². The van der Waals surface area contributed by atoms with Gasteiger partial charge in [-0.1, -0.05) is 11.6 Å². The van der Waals surface area contributed by atoms with Crippen LogP contribution >= 0.6 is 11.6 Å². The standard InChI is InChI=1S/C22H11ClF3N5O5/c23-15-4-2-10(5-16(15)31(35)36)19(32)28-9-13-7-17(28)18-20(33)30(21(34)29(13)18)12-3-1-11(8-27)14(6-12)22(24,25)26/h1-6,13H,7,9H2. The number of carbonyl (C=O) groups excluding carboxylic acids is 3. The largest absolute Gasteiger partial charge is 0.417 e. The van der Waals surface area contributed by atoms with Crippen LogP contribution in [0, 0.1) is 21.4 Å². The molecule has 2 aromatic rings. The minimum absolute atomic E-state index is 0.0118. The predicted octanol–water partition coefficient (Wildman–Crippen LogP) is 4.05. The number of alkyl halides is 3. The smallest absolute Gasteiger partial charge is 0.308 e. The predicted molar refractivity (Wildman–Crippen MR) is 115 cm³/mol. The molecule has 3 aliphatic rings. The summed E-state index contributed by atoms with van der Waals surface area (Å²) >= 11 is 5.80. The van der Waals surface area contributed by atoms with Gasteiger partial charge in [0.1, 0.15) is 10.7 Å². The van der Waals surface area contributed by atoms with Gasteiger partial charge in [-0.15, -0.1) is 0 Å². The topological polar surface area (TPSA) is 128 Å². The Morgan fingerprint density at radius 1 is 1.19 bits per heavy atom. The molecule has 182 valence electrons. The van der Waals surface area contributed by atoms with Crippen LogP contribution < -0.4 is 4.90 Å². The highest BCUT2D eigenvalue weighted by Crippen LogP contribution is 2.45. The number of anilines is 1. The molecule has 2 fully saturated rings. The number of carbonyl (C=O) groups is 3. The van der Waals surface area contributed by atoms with Crippen molar-refractivity contribution in [3.8, 4) is 6.07 Å². The van der Waals surface area contributed by atoms with Crippen LogP contribution in [0.1, 0.15) is 27.9 Å². The Labute approximate surface area is 204 Å². The van der Waals surface area contributed by atoms with Crippen molar-refractivity contribution in [3.05, 3.63) is 79.6 Å². The third-order valence-corrected chi connectivity index (χ3v) is 6.47. The van der Waals surface area contributed by atoms with Gasteiger partial charge < -0.3 is 4.90 Å². The summed E-state index contributed by atoms with van der Waals surface area (Å²) < 4.78 is 40.2. The fourth-order valence-corrected chi connectivity index (χ4v) is 4.78. The van der Waals surface area contributed by atoms with Gasteiger partial charge >= 0.3 is 12.2 Å². The molecule has 10 nitrogen and oxygen atoms in total. The first-order valence-electron chi connectivity index (χ1n) is 10.2. The van der Waals surface area contributed by atoms with Gasteiger partial charge in [0.15, 0.2) is 0 Å². The molecule has 2 bridgehead atoms. The number of benzene rings is 2. The average molecular weight is 518 g/mol. The van der Waals surface area contributed by atoms with E-state index in [-0.39, 0.29) is 40.6 Å². The molecule has 3 heterocycles. The van der Waals surface area contributed by atoms with Crippen molar-refractivity contribution in [2.45, 2.75) is 18.6 Å². The van der Waals surface area contributed by atoms with E-state index in [9.17, 15) is 37.7 Å². The van der Waals surface area contributed by atoms with Gasteiger partial charge in [-0.2, -0.15) is 18.4 Å². The number of amides is 4. The maximum Gasteiger partial charge on any atom is 0.417 e. The number of imide groups is 1. The van der Waals surface area contributed by atoms with Crippen LogP contribution in [0.3, 0.4) is 0 Å². The molecule has 2 saturated heterocycles. The zero-order chi connectivity index (χ0) is 26.1. The minimum Gasteiger partial charge on any atom is -0.308 e. The van der Waals surface area contributed by atoms with Crippen molar-refractivity contribution in [3.63, 3.8) is 0 Å². The molecule has 4 amide bonds. The third kappa shape index (κ3) is 3.29. The second kappa shape index (κ2) is 7.79. The molecule has 0 saturated carbocycles. The lowest BCUT2D eigenvalue weighted by Gasteiger charge is -2.27. The maximum absolute atomic E-state index is 13.4. The maximum atomic E-state index is 13.4. The molecule has 1 atom stereocenters. The lowest BCUT2D eigenvalue weighted by Crippen LogP contribution is -2.43. The number of nitrogens with zero attached hydrogens (tertiary/aromatic N) is 5. The van der Waals surface area contributed by atoms with Crippen LogP contribution in [-0.2, 0) is 11.0 Å². The number of nitro benzene ring substituents is 1. The van der Waals surface area contributed by atoms with Gasteiger partial charge in [-0.05, 0) is 30.3 Å². The summed E-state index contributed by atoms with van der Waals surface area (Å²) in [7, 11) is 0. The zero-order valence-corrected chi connectivity index (χ0v) is 18.5. The van der Waals surface area contributed by atoms with Crippen molar-refractivity contribution in [1.82, 2.24) is 9.80 Å².